The molecule has 0 radical (unpaired) electrons. The number of rotatable bonds is 2. The molecule has 10 heavy (non-hydrogen) atoms. The summed E-state index contributed by atoms with van der Waals surface area (Å²) in [5.41, 5.74) is 5.03. The summed E-state index contributed by atoms with van der Waals surface area (Å²) in [5.74, 6) is 0. The van der Waals surface area contributed by atoms with Gasteiger partial charge in [0.2, 0.25) is 0 Å². The third-order valence-electron chi connectivity index (χ3n) is 1.62. The fraction of sp³-hybridized carbons (Fsp3) is 0.800. The van der Waals surface area contributed by atoms with Crippen molar-refractivity contribution in [3.63, 3.8) is 0 Å². The molecule has 0 heterocycles. The van der Waals surface area contributed by atoms with Gasteiger partial charge >= 0.3 is 6.09 Å². The Balaban J connectivity index is 0.000000810. The molecule has 0 aromatic rings. The first-order valence-corrected chi connectivity index (χ1v) is 2.90. The molecular weight excluding hydrogens is 156 g/mol. The van der Waals surface area contributed by atoms with Gasteiger partial charge in [-0.25, -0.2) is 4.79 Å². The fourth-order valence-electron chi connectivity index (χ4n) is 0.758. The topological polar surface area (TPSA) is 75.3 Å². The van der Waals surface area contributed by atoms with Crippen molar-refractivity contribution < 1.29 is 9.90 Å². The second kappa shape index (κ2) is 3.07. The van der Waals surface area contributed by atoms with Crippen LogP contribution in [0.15, 0.2) is 0 Å². The van der Waals surface area contributed by atoms with Crippen LogP contribution in [0.4, 0.5) is 4.79 Å². The van der Waals surface area contributed by atoms with Crippen LogP contribution in [0.3, 0.4) is 0 Å². The van der Waals surface area contributed by atoms with Crippen LogP contribution in [0.2, 0.25) is 0 Å². The lowest BCUT2D eigenvalue weighted by atomic mass is 10.3. The minimum absolute atomic E-state index is 0. The van der Waals surface area contributed by atoms with Crippen molar-refractivity contribution in [2.24, 2.45) is 5.73 Å². The van der Waals surface area contributed by atoms with Crippen LogP contribution in [-0.2, 0) is 0 Å². The molecule has 1 amide bonds. The molecule has 4 nitrogen and oxygen atoms in total. The lowest BCUT2D eigenvalue weighted by molar-refractivity contribution is 0.188. The molecule has 0 bridgehead atoms. The lowest BCUT2D eigenvalue weighted by Gasteiger charge is -2.10. The van der Waals surface area contributed by atoms with E-state index in [2.05, 4.69) is 5.32 Å². The molecular formula is C5H11ClN2O2. The van der Waals surface area contributed by atoms with Crippen LogP contribution in [0.5, 0.6) is 0 Å². The van der Waals surface area contributed by atoms with E-state index in [9.17, 15) is 4.79 Å². The summed E-state index contributed by atoms with van der Waals surface area (Å²) in [4.78, 5) is 10.0. The van der Waals surface area contributed by atoms with Gasteiger partial charge in [-0.2, -0.15) is 0 Å². The summed E-state index contributed by atoms with van der Waals surface area (Å²) in [5, 5.41) is 10.6. The van der Waals surface area contributed by atoms with Crippen LogP contribution < -0.4 is 11.1 Å². The van der Waals surface area contributed by atoms with Gasteiger partial charge in [0.1, 0.15) is 0 Å². The number of nitrogens with one attached hydrogen (secondary N) is 1. The SMILES string of the molecule is Cl.NCC1(NC(=O)O)CC1. The van der Waals surface area contributed by atoms with E-state index in [-0.39, 0.29) is 17.9 Å². The molecule has 1 fully saturated rings. The zero-order valence-electron chi connectivity index (χ0n) is 5.46. The molecule has 0 aromatic carbocycles. The predicted octanol–water partition coefficient (Wildman–Crippen LogP) is 0.167. The van der Waals surface area contributed by atoms with Crippen LogP contribution in [-0.4, -0.2) is 23.3 Å². The Morgan fingerprint density at radius 1 is 1.70 bits per heavy atom. The van der Waals surface area contributed by atoms with E-state index in [1.807, 2.05) is 0 Å². The largest absolute Gasteiger partial charge is 0.465 e. The average molecular weight is 167 g/mol. The van der Waals surface area contributed by atoms with E-state index in [0.717, 1.165) is 12.8 Å². The molecule has 0 unspecified atom stereocenters. The minimum atomic E-state index is -0.974. The number of carbonyl (C=O) groups is 1. The highest BCUT2D eigenvalue weighted by molar-refractivity contribution is 5.85. The molecule has 5 heteroatoms. The molecule has 60 valence electrons. The van der Waals surface area contributed by atoms with Crippen LogP contribution in [0.1, 0.15) is 12.8 Å². The Labute approximate surface area is 65.2 Å². The van der Waals surface area contributed by atoms with Gasteiger partial charge in [0, 0.05) is 6.54 Å². The highest BCUT2D eigenvalue weighted by Gasteiger charge is 2.42. The highest BCUT2D eigenvalue weighted by Crippen LogP contribution is 2.33. The predicted molar refractivity (Wildman–Crippen MR) is 39.4 cm³/mol. The third kappa shape index (κ3) is 2.04. The van der Waals surface area contributed by atoms with E-state index in [1.165, 1.54) is 0 Å². The van der Waals surface area contributed by atoms with Crippen molar-refractivity contribution >= 4 is 18.5 Å². The van der Waals surface area contributed by atoms with Crippen molar-refractivity contribution in [2.45, 2.75) is 18.4 Å². The third-order valence-corrected chi connectivity index (χ3v) is 1.62. The number of hydrogen-bond donors (Lipinski definition) is 3. The van der Waals surface area contributed by atoms with Crippen molar-refractivity contribution in [1.29, 1.82) is 0 Å². The van der Waals surface area contributed by atoms with Crippen LogP contribution >= 0.6 is 12.4 Å². The molecule has 0 aliphatic heterocycles. The van der Waals surface area contributed by atoms with Gasteiger partial charge in [-0.1, -0.05) is 0 Å². The maximum atomic E-state index is 10.0. The van der Waals surface area contributed by atoms with Gasteiger partial charge in [0.05, 0.1) is 5.54 Å². The normalized spacial score (nSPS) is 18.9. The molecule has 1 aliphatic carbocycles. The molecule has 1 rings (SSSR count). The van der Waals surface area contributed by atoms with E-state index in [1.54, 1.807) is 0 Å². The van der Waals surface area contributed by atoms with E-state index < -0.39 is 6.09 Å². The second-order valence-corrected chi connectivity index (χ2v) is 2.41. The zero-order valence-corrected chi connectivity index (χ0v) is 6.28. The molecule has 4 N–H and O–H groups in total. The smallest absolute Gasteiger partial charge is 0.405 e. The standard InChI is InChI=1S/C5H10N2O2.ClH/c6-3-5(1-2-5)7-4(8)9;/h7H,1-3,6H2,(H,8,9);1H. The molecule has 1 aliphatic rings. The fourth-order valence-corrected chi connectivity index (χ4v) is 0.758. The lowest BCUT2D eigenvalue weighted by Crippen LogP contribution is -2.41. The van der Waals surface area contributed by atoms with Crippen LogP contribution in [0, 0.1) is 0 Å². The Bertz CT molecular complexity index is 136. The summed E-state index contributed by atoms with van der Waals surface area (Å²) in [6.07, 6.45) is 0.795. The van der Waals surface area contributed by atoms with E-state index in [0.29, 0.717) is 6.54 Å². The Morgan fingerprint density at radius 3 is 2.30 bits per heavy atom. The summed E-state index contributed by atoms with van der Waals surface area (Å²) in [6.45, 7) is 0.416. The summed E-state index contributed by atoms with van der Waals surface area (Å²) in [6, 6.07) is 0. The molecule has 0 spiro atoms. The second-order valence-electron chi connectivity index (χ2n) is 2.41. The highest BCUT2D eigenvalue weighted by atomic mass is 35.5. The van der Waals surface area contributed by atoms with Crippen molar-refractivity contribution in [2.75, 3.05) is 6.54 Å². The van der Waals surface area contributed by atoms with Gasteiger partial charge in [0.25, 0.3) is 0 Å². The molecule has 0 saturated heterocycles. The van der Waals surface area contributed by atoms with Gasteiger partial charge in [-0.3, -0.25) is 0 Å². The molecule has 1 saturated carbocycles. The molecule has 0 atom stereocenters. The maximum absolute atomic E-state index is 10.0. The van der Waals surface area contributed by atoms with Gasteiger partial charge in [-0.15, -0.1) is 12.4 Å². The van der Waals surface area contributed by atoms with Crippen LogP contribution in [0.25, 0.3) is 0 Å². The number of carboxylic acid groups (broad SMARTS) is 1. The first-order chi connectivity index (χ1) is 4.18. The first kappa shape index (κ1) is 9.52. The number of nitrogens with two attached hydrogens (primary N) is 1. The number of hydrogen-bond acceptors (Lipinski definition) is 2. The zero-order chi connectivity index (χ0) is 6.91. The summed E-state index contributed by atoms with van der Waals surface area (Å²) < 4.78 is 0. The summed E-state index contributed by atoms with van der Waals surface area (Å²) in [7, 11) is 0. The average Bonchev–Trinajstić information content (AvgIpc) is 2.48. The number of halogens is 1. The van der Waals surface area contributed by atoms with Gasteiger partial charge < -0.3 is 16.2 Å². The first-order valence-electron chi connectivity index (χ1n) is 2.90. The minimum Gasteiger partial charge on any atom is -0.465 e. The van der Waals surface area contributed by atoms with Gasteiger partial charge in [0.15, 0.2) is 0 Å². The van der Waals surface area contributed by atoms with Crippen molar-refractivity contribution in [3.05, 3.63) is 0 Å². The number of amides is 1. The van der Waals surface area contributed by atoms with Crippen molar-refractivity contribution in [1.82, 2.24) is 5.32 Å². The van der Waals surface area contributed by atoms with Gasteiger partial charge in [-0.05, 0) is 12.8 Å². The maximum Gasteiger partial charge on any atom is 0.405 e. The Morgan fingerprint density at radius 2 is 2.20 bits per heavy atom. The van der Waals surface area contributed by atoms with E-state index in [4.69, 9.17) is 10.8 Å². The quantitative estimate of drug-likeness (QED) is 0.547. The molecule has 0 aromatic heterocycles. The van der Waals surface area contributed by atoms with E-state index >= 15 is 0 Å². The monoisotopic (exact) mass is 166 g/mol. The summed E-state index contributed by atoms with van der Waals surface area (Å²) >= 11 is 0. The Hall–Kier alpha value is -0.480. The Kier molecular flexibility index (Phi) is 2.93. The van der Waals surface area contributed by atoms with Crippen molar-refractivity contribution in [3.8, 4) is 0 Å².